The van der Waals surface area contributed by atoms with Gasteiger partial charge < -0.3 is 18.9 Å². The van der Waals surface area contributed by atoms with Crippen molar-refractivity contribution in [2.45, 2.75) is 76.4 Å². The van der Waals surface area contributed by atoms with Gasteiger partial charge in [-0.2, -0.15) is 0 Å². The van der Waals surface area contributed by atoms with Crippen LogP contribution in [0.1, 0.15) is 64.2 Å². The van der Waals surface area contributed by atoms with Crippen molar-refractivity contribution >= 4 is 11.9 Å². The first-order chi connectivity index (χ1) is 17.4. The third-order valence-corrected chi connectivity index (χ3v) is 11.0. The summed E-state index contributed by atoms with van der Waals surface area (Å²) in [7, 11) is 3.62. The van der Waals surface area contributed by atoms with Crippen LogP contribution in [0.25, 0.3) is 0 Å². The summed E-state index contributed by atoms with van der Waals surface area (Å²) in [5.74, 6) is 3.98. The zero-order valence-electron chi connectivity index (χ0n) is 21.4. The smallest absolute Gasteiger partial charge is 0.317 e. The number of methoxy groups -OCH3 is 2. The summed E-state index contributed by atoms with van der Waals surface area (Å²) in [6.07, 6.45) is 10.7. The van der Waals surface area contributed by atoms with Gasteiger partial charge in [0.1, 0.15) is 11.5 Å². The van der Waals surface area contributed by atoms with Crippen LogP contribution in [0.3, 0.4) is 0 Å². The van der Waals surface area contributed by atoms with E-state index >= 15 is 0 Å². The van der Waals surface area contributed by atoms with Gasteiger partial charge in [0.2, 0.25) is 0 Å². The highest BCUT2D eigenvalue weighted by molar-refractivity contribution is 5.81. The summed E-state index contributed by atoms with van der Waals surface area (Å²) < 4.78 is 23.4. The van der Waals surface area contributed by atoms with Crippen LogP contribution in [0, 0.1) is 46.3 Å². The minimum absolute atomic E-state index is 0.0949. The number of rotatable bonds is 6. The fraction of sp³-hybridized carbons (Fsp3) is 0.733. The van der Waals surface area contributed by atoms with Gasteiger partial charge in [-0.05, 0) is 124 Å². The maximum absolute atomic E-state index is 13.4. The molecule has 1 aromatic carbocycles. The number of carbonyl (C=O) groups is 2. The van der Waals surface area contributed by atoms with Gasteiger partial charge in [0.25, 0.3) is 0 Å². The van der Waals surface area contributed by atoms with Crippen LogP contribution in [0.2, 0.25) is 0 Å². The van der Waals surface area contributed by atoms with Gasteiger partial charge in [-0.3, -0.25) is 9.59 Å². The molecule has 0 radical (unpaired) electrons. The van der Waals surface area contributed by atoms with Crippen molar-refractivity contribution in [3.63, 3.8) is 0 Å². The van der Waals surface area contributed by atoms with E-state index in [-0.39, 0.29) is 22.8 Å². The van der Waals surface area contributed by atoms with Gasteiger partial charge in [-0.1, -0.05) is 0 Å². The fourth-order valence-electron chi connectivity index (χ4n) is 10.2. The molecule has 0 aromatic heterocycles. The predicted molar refractivity (Wildman–Crippen MR) is 131 cm³/mol. The maximum Gasteiger partial charge on any atom is 0.317 e. The molecule has 36 heavy (non-hydrogen) atoms. The highest BCUT2D eigenvalue weighted by Gasteiger charge is 2.60. The van der Waals surface area contributed by atoms with Crippen molar-refractivity contribution in [3.8, 4) is 11.5 Å². The van der Waals surface area contributed by atoms with Crippen molar-refractivity contribution in [2.75, 3.05) is 14.2 Å². The Morgan fingerprint density at radius 2 is 0.944 bits per heavy atom. The Bertz CT molecular complexity index is 933. The molecule has 194 valence electrons. The number of ether oxygens (including phenoxy) is 4. The normalized spacial score (nSPS) is 45.6. The summed E-state index contributed by atoms with van der Waals surface area (Å²) in [4.78, 5) is 26.8. The number of benzene rings is 1. The monoisotopic (exact) mass is 494 g/mol. The predicted octanol–water partition coefficient (Wildman–Crippen LogP) is 5.18. The number of hydrogen-bond acceptors (Lipinski definition) is 6. The van der Waals surface area contributed by atoms with Crippen molar-refractivity contribution in [1.29, 1.82) is 0 Å². The molecule has 8 bridgehead atoms. The van der Waals surface area contributed by atoms with Crippen LogP contribution in [0.5, 0.6) is 11.5 Å². The van der Waals surface area contributed by atoms with Crippen LogP contribution in [-0.4, -0.2) is 38.4 Å². The molecular formula is C30H38O6. The number of esters is 2. The number of carbonyl (C=O) groups excluding carboxylic acids is 2. The van der Waals surface area contributed by atoms with Crippen LogP contribution < -0.4 is 9.47 Å². The van der Waals surface area contributed by atoms with E-state index in [0.29, 0.717) is 59.2 Å². The first-order valence-electron chi connectivity index (χ1n) is 14.0. The lowest BCUT2D eigenvalue weighted by Gasteiger charge is -2.58. The van der Waals surface area contributed by atoms with E-state index in [1.807, 2.05) is 14.2 Å². The lowest BCUT2D eigenvalue weighted by atomic mass is 9.48. The second kappa shape index (κ2) is 8.29. The zero-order valence-corrected chi connectivity index (χ0v) is 21.4. The molecule has 4 unspecified atom stereocenters. The Kier molecular flexibility index (Phi) is 5.35. The van der Waals surface area contributed by atoms with Gasteiger partial charge in [-0.15, -0.1) is 0 Å². The molecule has 4 atom stereocenters. The molecule has 8 aliphatic carbocycles. The molecule has 0 aliphatic heterocycles. The molecular weight excluding hydrogens is 456 g/mol. The van der Waals surface area contributed by atoms with Gasteiger partial charge in [0.15, 0.2) is 0 Å². The summed E-state index contributed by atoms with van der Waals surface area (Å²) in [6.45, 7) is 0. The first-order valence-corrected chi connectivity index (χ1v) is 14.0. The Labute approximate surface area is 213 Å². The molecule has 9 rings (SSSR count). The second-order valence-corrected chi connectivity index (χ2v) is 13.2. The highest BCUT2D eigenvalue weighted by atomic mass is 16.5. The van der Waals surface area contributed by atoms with Crippen molar-refractivity contribution in [2.24, 2.45) is 46.3 Å². The molecule has 0 saturated heterocycles. The third-order valence-electron chi connectivity index (χ3n) is 11.0. The van der Waals surface area contributed by atoms with Crippen LogP contribution in [0.4, 0.5) is 0 Å². The van der Waals surface area contributed by atoms with Crippen LogP contribution in [0.15, 0.2) is 24.3 Å². The second-order valence-electron chi connectivity index (χ2n) is 13.2. The van der Waals surface area contributed by atoms with Crippen LogP contribution in [-0.2, 0) is 19.1 Å². The minimum atomic E-state index is -0.366. The summed E-state index contributed by atoms with van der Waals surface area (Å²) in [6, 6.07) is 7.05. The van der Waals surface area contributed by atoms with E-state index in [1.54, 1.807) is 24.3 Å². The zero-order chi connectivity index (χ0) is 24.7. The molecule has 0 spiro atoms. The molecule has 1 aromatic rings. The number of hydrogen-bond donors (Lipinski definition) is 0. The Morgan fingerprint density at radius 3 is 1.25 bits per heavy atom. The average Bonchev–Trinajstić information content (AvgIpc) is 2.84. The standard InChI is InChI=1S/C30H38O6/c1-33-25-19-7-17-8-20(25)14-29(11-17,13-19)27(31)35-23-3-5-24(6-4-23)36-28(32)30-12-18-9-21(15-30)26(34-2)22(10-18)16-30/h3-6,17-22,25-26H,7-16H2,1-2H3. The summed E-state index contributed by atoms with van der Waals surface area (Å²) >= 11 is 0. The molecule has 0 N–H and O–H groups in total. The highest BCUT2D eigenvalue weighted by Crippen LogP contribution is 2.62. The Balaban J connectivity index is 1.01. The lowest BCUT2D eigenvalue weighted by Crippen LogP contribution is -2.57. The molecule has 0 amide bonds. The minimum Gasteiger partial charge on any atom is -0.426 e. The van der Waals surface area contributed by atoms with Gasteiger partial charge in [0, 0.05) is 14.2 Å². The first kappa shape index (κ1) is 23.2. The third kappa shape index (κ3) is 3.50. The van der Waals surface area contributed by atoms with Crippen LogP contribution >= 0.6 is 0 Å². The summed E-state index contributed by atoms with van der Waals surface area (Å²) in [5, 5.41) is 0. The molecule has 8 saturated carbocycles. The van der Waals surface area contributed by atoms with Crippen molar-refractivity contribution < 1.29 is 28.5 Å². The Hall–Kier alpha value is -1.92. The fourth-order valence-corrected chi connectivity index (χ4v) is 10.2. The van der Waals surface area contributed by atoms with Gasteiger partial charge >= 0.3 is 11.9 Å². The van der Waals surface area contributed by atoms with E-state index in [2.05, 4.69) is 0 Å². The average molecular weight is 495 g/mol. The quantitative estimate of drug-likeness (QED) is 0.401. The molecule has 6 heteroatoms. The lowest BCUT2D eigenvalue weighted by molar-refractivity contribution is -0.180. The van der Waals surface area contributed by atoms with E-state index in [1.165, 1.54) is 25.7 Å². The van der Waals surface area contributed by atoms with E-state index in [4.69, 9.17) is 18.9 Å². The van der Waals surface area contributed by atoms with Gasteiger partial charge in [0.05, 0.1) is 23.0 Å². The van der Waals surface area contributed by atoms with E-state index < -0.39 is 0 Å². The molecule has 8 fully saturated rings. The van der Waals surface area contributed by atoms with Gasteiger partial charge in [-0.25, -0.2) is 0 Å². The Morgan fingerprint density at radius 1 is 0.611 bits per heavy atom. The molecule has 6 nitrogen and oxygen atoms in total. The maximum atomic E-state index is 13.4. The van der Waals surface area contributed by atoms with E-state index in [9.17, 15) is 9.59 Å². The largest absolute Gasteiger partial charge is 0.426 e. The SMILES string of the molecule is COC1C2CC3CC1CC(C(=O)Oc1ccc(OC(=O)C45CC6CC(C4)C(OC)C(C6)C5)cc1)(C3)C2. The molecule has 8 aliphatic rings. The van der Waals surface area contributed by atoms with Crippen molar-refractivity contribution in [3.05, 3.63) is 24.3 Å². The topological polar surface area (TPSA) is 71.1 Å². The summed E-state index contributed by atoms with van der Waals surface area (Å²) in [5.41, 5.74) is -0.732. The van der Waals surface area contributed by atoms with Crippen molar-refractivity contribution in [1.82, 2.24) is 0 Å². The molecule has 0 heterocycles. The van der Waals surface area contributed by atoms with E-state index in [0.717, 1.165) is 38.5 Å².